The average molecular weight is 207 g/mol. The van der Waals surface area contributed by atoms with Gasteiger partial charge in [-0.2, -0.15) is 11.3 Å². The number of hydrogen-bond donors (Lipinski definition) is 0. The van der Waals surface area contributed by atoms with Crippen LogP contribution in [0.15, 0.2) is 16.8 Å². The Labute approximate surface area is 88.5 Å². The Kier molecular flexibility index (Phi) is 4.21. The Morgan fingerprint density at radius 1 is 1.71 bits per heavy atom. The minimum Gasteiger partial charge on any atom is -0.327 e. The topological polar surface area (TPSA) is 20.3 Å². The maximum Gasteiger partial charge on any atom is 0.255 e. The first-order valence-corrected chi connectivity index (χ1v) is 5.48. The van der Waals surface area contributed by atoms with E-state index in [-0.39, 0.29) is 5.91 Å². The molecule has 0 saturated heterocycles. The van der Waals surface area contributed by atoms with Gasteiger partial charge >= 0.3 is 0 Å². The van der Waals surface area contributed by atoms with Crippen LogP contribution >= 0.6 is 11.3 Å². The molecule has 0 bridgehead atoms. The monoisotopic (exact) mass is 207 g/mol. The zero-order chi connectivity index (χ0) is 10.4. The van der Waals surface area contributed by atoms with E-state index < -0.39 is 0 Å². The molecule has 1 aromatic heterocycles. The predicted octanol–water partition coefficient (Wildman–Crippen LogP) is 2.23. The summed E-state index contributed by atoms with van der Waals surface area (Å²) in [5.74, 6) is 2.54. The second-order valence-electron chi connectivity index (χ2n) is 2.94. The van der Waals surface area contributed by atoms with Gasteiger partial charge < -0.3 is 4.90 Å². The van der Waals surface area contributed by atoms with E-state index in [9.17, 15) is 4.79 Å². The second kappa shape index (κ2) is 5.46. The quantitative estimate of drug-likeness (QED) is 0.693. The van der Waals surface area contributed by atoms with E-state index >= 15 is 0 Å². The number of nitrogens with zero attached hydrogens (tertiary/aromatic N) is 1. The van der Waals surface area contributed by atoms with Crippen molar-refractivity contribution in [3.63, 3.8) is 0 Å². The molecule has 0 N–H and O–H groups in total. The van der Waals surface area contributed by atoms with E-state index in [2.05, 4.69) is 5.92 Å². The van der Waals surface area contributed by atoms with Gasteiger partial charge in [0.05, 0.1) is 12.1 Å². The Morgan fingerprint density at radius 2 is 2.50 bits per heavy atom. The summed E-state index contributed by atoms with van der Waals surface area (Å²) in [4.78, 5) is 13.5. The number of terminal acetylenes is 1. The van der Waals surface area contributed by atoms with Gasteiger partial charge in [-0.05, 0) is 17.9 Å². The molecule has 1 aromatic rings. The van der Waals surface area contributed by atoms with Crippen LogP contribution in [0, 0.1) is 12.3 Å². The van der Waals surface area contributed by atoms with Gasteiger partial charge in [-0.3, -0.25) is 4.79 Å². The Morgan fingerprint density at radius 3 is 3.00 bits per heavy atom. The number of carbonyl (C=O) groups excluding carboxylic acids is 1. The highest BCUT2D eigenvalue weighted by molar-refractivity contribution is 7.08. The van der Waals surface area contributed by atoms with Crippen molar-refractivity contribution in [3.8, 4) is 12.3 Å². The lowest BCUT2D eigenvalue weighted by Gasteiger charge is -2.18. The lowest BCUT2D eigenvalue weighted by atomic mass is 10.3. The van der Waals surface area contributed by atoms with Crippen LogP contribution in [0.2, 0.25) is 0 Å². The third-order valence-corrected chi connectivity index (χ3v) is 2.51. The number of amides is 1. The molecule has 1 amide bonds. The number of hydrogen-bond acceptors (Lipinski definition) is 2. The van der Waals surface area contributed by atoms with Crippen molar-refractivity contribution in [2.24, 2.45) is 0 Å². The molecule has 0 aromatic carbocycles. The molecule has 0 fully saturated rings. The summed E-state index contributed by atoms with van der Waals surface area (Å²) >= 11 is 1.52. The molecular weight excluding hydrogens is 194 g/mol. The average Bonchev–Trinajstić information content (AvgIpc) is 2.69. The molecule has 0 atom stereocenters. The molecular formula is C11H13NOS. The van der Waals surface area contributed by atoms with Crippen LogP contribution in [0.4, 0.5) is 0 Å². The van der Waals surface area contributed by atoms with Gasteiger partial charge in [-0.25, -0.2) is 0 Å². The number of rotatable bonds is 4. The van der Waals surface area contributed by atoms with Crippen molar-refractivity contribution >= 4 is 17.2 Å². The smallest absolute Gasteiger partial charge is 0.255 e. The Hall–Kier alpha value is -1.27. The van der Waals surface area contributed by atoms with E-state index in [1.54, 1.807) is 4.90 Å². The standard InChI is InChI=1S/C11H13NOS/c1-3-6-12(7-4-2)11(13)10-5-8-14-9-10/h1,5,8-9H,4,6-7H2,2H3. The molecule has 0 aliphatic rings. The van der Waals surface area contributed by atoms with Crippen molar-refractivity contribution in [1.29, 1.82) is 0 Å². The van der Waals surface area contributed by atoms with Crippen molar-refractivity contribution in [2.75, 3.05) is 13.1 Å². The summed E-state index contributed by atoms with van der Waals surface area (Å²) in [6.45, 7) is 3.14. The second-order valence-corrected chi connectivity index (χ2v) is 3.72. The first-order chi connectivity index (χ1) is 6.79. The molecule has 0 aliphatic heterocycles. The number of thiophene rings is 1. The van der Waals surface area contributed by atoms with Crippen LogP contribution < -0.4 is 0 Å². The van der Waals surface area contributed by atoms with E-state index in [4.69, 9.17) is 6.42 Å². The van der Waals surface area contributed by atoms with Gasteiger partial charge in [0, 0.05) is 11.9 Å². The summed E-state index contributed by atoms with van der Waals surface area (Å²) < 4.78 is 0. The molecule has 2 nitrogen and oxygen atoms in total. The van der Waals surface area contributed by atoms with E-state index in [1.165, 1.54) is 11.3 Å². The van der Waals surface area contributed by atoms with Crippen LogP contribution in [-0.4, -0.2) is 23.9 Å². The van der Waals surface area contributed by atoms with Gasteiger partial charge in [-0.15, -0.1) is 6.42 Å². The summed E-state index contributed by atoms with van der Waals surface area (Å²) in [5, 5.41) is 3.74. The minimum absolute atomic E-state index is 0.0334. The van der Waals surface area contributed by atoms with Crippen LogP contribution in [0.25, 0.3) is 0 Å². The van der Waals surface area contributed by atoms with Gasteiger partial charge in [0.1, 0.15) is 0 Å². The highest BCUT2D eigenvalue weighted by Gasteiger charge is 2.13. The highest BCUT2D eigenvalue weighted by atomic mass is 32.1. The zero-order valence-electron chi connectivity index (χ0n) is 8.19. The highest BCUT2D eigenvalue weighted by Crippen LogP contribution is 2.09. The lowest BCUT2D eigenvalue weighted by Crippen LogP contribution is -2.31. The molecule has 0 unspecified atom stereocenters. The van der Waals surface area contributed by atoms with Crippen LogP contribution in [-0.2, 0) is 0 Å². The van der Waals surface area contributed by atoms with Gasteiger partial charge in [0.25, 0.3) is 5.91 Å². The van der Waals surface area contributed by atoms with Crippen LogP contribution in [0.3, 0.4) is 0 Å². The molecule has 0 saturated carbocycles. The molecule has 0 radical (unpaired) electrons. The normalized spacial score (nSPS) is 9.43. The zero-order valence-corrected chi connectivity index (χ0v) is 9.01. The van der Waals surface area contributed by atoms with Crippen LogP contribution in [0.1, 0.15) is 23.7 Å². The fraction of sp³-hybridized carbons (Fsp3) is 0.364. The molecule has 0 spiro atoms. The van der Waals surface area contributed by atoms with E-state index in [1.807, 2.05) is 23.8 Å². The van der Waals surface area contributed by atoms with Gasteiger partial charge in [0.2, 0.25) is 0 Å². The molecule has 74 valence electrons. The fourth-order valence-electron chi connectivity index (χ4n) is 1.20. The van der Waals surface area contributed by atoms with Crippen molar-refractivity contribution < 1.29 is 4.79 Å². The number of carbonyl (C=O) groups is 1. The molecule has 3 heteroatoms. The van der Waals surface area contributed by atoms with E-state index in [0.717, 1.165) is 18.5 Å². The molecule has 14 heavy (non-hydrogen) atoms. The fourth-order valence-corrected chi connectivity index (χ4v) is 1.83. The Bertz CT molecular complexity index is 324. The maximum atomic E-state index is 11.8. The first-order valence-electron chi connectivity index (χ1n) is 4.54. The van der Waals surface area contributed by atoms with Crippen molar-refractivity contribution in [1.82, 2.24) is 4.90 Å². The maximum absolute atomic E-state index is 11.8. The van der Waals surface area contributed by atoms with Crippen molar-refractivity contribution in [2.45, 2.75) is 13.3 Å². The van der Waals surface area contributed by atoms with Gasteiger partial charge in [-0.1, -0.05) is 12.8 Å². The minimum atomic E-state index is 0.0334. The Balaban J connectivity index is 2.69. The van der Waals surface area contributed by atoms with Crippen LogP contribution in [0.5, 0.6) is 0 Å². The summed E-state index contributed by atoms with van der Waals surface area (Å²) in [6, 6.07) is 1.83. The predicted molar refractivity (Wildman–Crippen MR) is 59.3 cm³/mol. The molecule has 1 rings (SSSR count). The molecule has 0 aliphatic carbocycles. The summed E-state index contributed by atoms with van der Waals surface area (Å²) in [6.07, 6.45) is 6.14. The largest absolute Gasteiger partial charge is 0.327 e. The summed E-state index contributed by atoms with van der Waals surface area (Å²) in [7, 11) is 0. The SMILES string of the molecule is C#CCN(CCC)C(=O)c1ccsc1. The van der Waals surface area contributed by atoms with E-state index in [0.29, 0.717) is 6.54 Å². The van der Waals surface area contributed by atoms with Gasteiger partial charge in [0.15, 0.2) is 0 Å². The lowest BCUT2D eigenvalue weighted by molar-refractivity contribution is 0.0777. The first kappa shape index (κ1) is 10.8. The summed E-state index contributed by atoms with van der Waals surface area (Å²) in [5.41, 5.74) is 0.735. The van der Waals surface area contributed by atoms with Crippen molar-refractivity contribution in [3.05, 3.63) is 22.4 Å². The third-order valence-electron chi connectivity index (χ3n) is 1.83. The third kappa shape index (κ3) is 2.61. The molecule has 1 heterocycles.